The summed E-state index contributed by atoms with van der Waals surface area (Å²) in [5.74, 6) is -0.197. The van der Waals surface area contributed by atoms with Crippen molar-refractivity contribution >= 4 is 27.3 Å². The van der Waals surface area contributed by atoms with E-state index >= 15 is 0 Å². The molecule has 1 aliphatic rings. The molecule has 7 heteroatoms. The van der Waals surface area contributed by atoms with Crippen molar-refractivity contribution in [1.29, 1.82) is 0 Å². The maximum Gasteiger partial charge on any atom is 0.253 e. The molecule has 1 aromatic rings. The van der Waals surface area contributed by atoms with Gasteiger partial charge < -0.3 is 5.32 Å². The van der Waals surface area contributed by atoms with Crippen molar-refractivity contribution in [2.45, 2.75) is 36.9 Å². The molecule has 0 aliphatic carbocycles. The first-order chi connectivity index (χ1) is 8.96. The molecule has 0 bridgehead atoms. The van der Waals surface area contributed by atoms with Crippen LogP contribution in [0.15, 0.2) is 16.3 Å². The van der Waals surface area contributed by atoms with Gasteiger partial charge in [-0.05, 0) is 38.8 Å². The lowest BCUT2D eigenvalue weighted by Gasteiger charge is -2.22. The first-order valence-corrected chi connectivity index (χ1v) is 8.58. The molecule has 19 heavy (non-hydrogen) atoms. The minimum Gasteiger partial charge on any atom is -0.355 e. The number of rotatable bonds is 4. The summed E-state index contributed by atoms with van der Waals surface area (Å²) < 4.78 is 26.7. The minimum absolute atomic E-state index is 0.197. The molecule has 0 saturated carbocycles. The number of hydrogen-bond donors (Lipinski definition) is 1. The predicted octanol–water partition coefficient (Wildman–Crippen LogP) is 1.35. The number of aryl methyl sites for hydroxylation is 1. The average molecular weight is 302 g/mol. The second-order valence-electron chi connectivity index (χ2n) is 4.53. The Morgan fingerprint density at radius 1 is 1.53 bits per heavy atom. The van der Waals surface area contributed by atoms with Crippen LogP contribution >= 0.6 is 11.3 Å². The van der Waals surface area contributed by atoms with E-state index in [0.29, 0.717) is 23.7 Å². The zero-order chi connectivity index (χ0) is 14.0. The van der Waals surface area contributed by atoms with Gasteiger partial charge in [0.2, 0.25) is 5.91 Å². The van der Waals surface area contributed by atoms with Gasteiger partial charge in [0, 0.05) is 18.0 Å². The van der Waals surface area contributed by atoms with E-state index in [2.05, 4.69) is 5.32 Å². The normalized spacial score (nSPS) is 20.6. The van der Waals surface area contributed by atoms with Gasteiger partial charge in [0.05, 0.1) is 0 Å². The van der Waals surface area contributed by atoms with Crippen LogP contribution in [0.3, 0.4) is 0 Å². The third-order valence-electron chi connectivity index (χ3n) is 3.14. The molecule has 1 aromatic heterocycles. The highest BCUT2D eigenvalue weighted by molar-refractivity contribution is 7.91. The maximum atomic E-state index is 12.5. The van der Waals surface area contributed by atoms with Crippen LogP contribution in [0, 0.1) is 6.92 Å². The van der Waals surface area contributed by atoms with Crippen LogP contribution in [-0.2, 0) is 14.8 Å². The third-order valence-corrected chi connectivity index (χ3v) is 6.51. The van der Waals surface area contributed by atoms with E-state index in [0.717, 1.165) is 11.3 Å². The van der Waals surface area contributed by atoms with Gasteiger partial charge in [-0.1, -0.05) is 0 Å². The fraction of sp³-hybridized carbons (Fsp3) is 0.583. The van der Waals surface area contributed by atoms with E-state index in [1.807, 2.05) is 13.8 Å². The number of nitrogens with zero attached hydrogens (tertiary/aromatic N) is 1. The Morgan fingerprint density at radius 2 is 2.26 bits per heavy atom. The summed E-state index contributed by atoms with van der Waals surface area (Å²) in [6.07, 6.45) is 1.32. The van der Waals surface area contributed by atoms with Gasteiger partial charge in [0.25, 0.3) is 10.0 Å². The van der Waals surface area contributed by atoms with Crippen molar-refractivity contribution in [2.24, 2.45) is 0 Å². The Morgan fingerprint density at radius 3 is 2.84 bits per heavy atom. The van der Waals surface area contributed by atoms with Crippen LogP contribution < -0.4 is 5.32 Å². The molecule has 1 unspecified atom stereocenters. The standard InChI is InChI=1S/C12H18N2O3S2/c1-3-13-12(15)10-5-4-8-14(10)19(16,17)11-7-6-9(2)18-11/h6-7,10H,3-5,8H2,1-2H3,(H,13,15). The highest BCUT2D eigenvalue weighted by Gasteiger charge is 2.39. The molecular formula is C12H18N2O3S2. The fourth-order valence-electron chi connectivity index (χ4n) is 2.25. The number of carbonyl (C=O) groups is 1. The summed E-state index contributed by atoms with van der Waals surface area (Å²) in [6.45, 7) is 4.63. The number of likely N-dealkylation sites (N-methyl/N-ethyl adjacent to an activating group) is 1. The van der Waals surface area contributed by atoms with Gasteiger partial charge in [-0.15, -0.1) is 11.3 Å². The van der Waals surface area contributed by atoms with E-state index in [9.17, 15) is 13.2 Å². The van der Waals surface area contributed by atoms with E-state index in [1.165, 1.54) is 15.6 Å². The topological polar surface area (TPSA) is 66.5 Å². The molecule has 0 spiro atoms. The Hall–Kier alpha value is -0.920. The van der Waals surface area contributed by atoms with Crippen LogP contribution in [0.2, 0.25) is 0 Å². The summed E-state index contributed by atoms with van der Waals surface area (Å²) in [5, 5.41) is 2.70. The largest absolute Gasteiger partial charge is 0.355 e. The van der Waals surface area contributed by atoms with Crippen molar-refractivity contribution in [2.75, 3.05) is 13.1 Å². The Labute approximate surface area is 117 Å². The Balaban J connectivity index is 2.27. The van der Waals surface area contributed by atoms with Gasteiger partial charge in [-0.3, -0.25) is 4.79 Å². The van der Waals surface area contributed by atoms with Gasteiger partial charge in [0.15, 0.2) is 0 Å². The number of sulfonamides is 1. The van der Waals surface area contributed by atoms with Gasteiger partial charge >= 0.3 is 0 Å². The molecule has 0 radical (unpaired) electrons. The lowest BCUT2D eigenvalue weighted by Crippen LogP contribution is -2.45. The van der Waals surface area contributed by atoms with E-state index in [1.54, 1.807) is 12.1 Å². The quantitative estimate of drug-likeness (QED) is 0.913. The lowest BCUT2D eigenvalue weighted by atomic mass is 10.2. The van der Waals surface area contributed by atoms with Crippen LogP contribution in [0.1, 0.15) is 24.6 Å². The van der Waals surface area contributed by atoms with Crippen molar-refractivity contribution in [3.8, 4) is 0 Å². The smallest absolute Gasteiger partial charge is 0.253 e. The molecule has 1 fully saturated rings. The fourth-order valence-corrected chi connectivity index (χ4v) is 5.32. The summed E-state index contributed by atoms with van der Waals surface area (Å²) in [6, 6.07) is 2.84. The number of nitrogens with one attached hydrogen (secondary N) is 1. The molecule has 2 rings (SSSR count). The number of amides is 1. The summed E-state index contributed by atoms with van der Waals surface area (Å²) in [5.41, 5.74) is 0. The number of carbonyl (C=O) groups excluding carboxylic acids is 1. The maximum absolute atomic E-state index is 12.5. The molecule has 5 nitrogen and oxygen atoms in total. The summed E-state index contributed by atoms with van der Waals surface area (Å²) in [4.78, 5) is 12.9. The van der Waals surface area contributed by atoms with E-state index < -0.39 is 16.1 Å². The molecule has 0 aromatic carbocycles. The number of hydrogen-bond acceptors (Lipinski definition) is 4. The van der Waals surface area contributed by atoms with E-state index in [-0.39, 0.29) is 5.91 Å². The molecule has 2 heterocycles. The SMILES string of the molecule is CCNC(=O)C1CCCN1S(=O)(=O)c1ccc(C)s1. The van der Waals surface area contributed by atoms with Crippen LogP contribution in [0.4, 0.5) is 0 Å². The second kappa shape index (κ2) is 5.60. The number of thiophene rings is 1. The lowest BCUT2D eigenvalue weighted by molar-refractivity contribution is -0.124. The van der Waals surface area contributed by atoms with Crippen molar-refractivity contribution in [3.63, 3.8) is 0 Å². The molecule has 1 amide bonds. The Kier molecular flexibility index (Phi) is 4.27. The third kappa shape index (κ3) is 2.82. The molecule has 1 atom stereocenters. The summed E-state index contributed by atoms with van der Waals surface area (Å²) in [7, 11) is -3.54. The van der Waals surface area contributed by atoms with Crippen molar-refractivity contribution in [3.05, 3.63) is 17.0 Å². The zero-order valence-electron chi connectivity index (χ0n) is 11.0. The minimum atomic E-state index is -3.54. The Bertz CT molecular complexity index is 565. The monoisotopic (exact) mass is 302 g/mol. The van der Waals surface area contributed by atoms with Crippen LogP contribution in [0.5, 0.6) is 0 Å². The summed E-state index contributed by atoms with van der Waals surface area (Å²) >= 11 is 1.25. The van der Waals surface area contributed by atoms with Gasteiger partial charge in [-0.2, -0.15) is 4.31 Å². The molecule has 1 N–H and O–H groups in total. The molecule has 106 valence electrons. The zero-order valence-corrected chi connectivity index (χ0v) is 12.7. The predicted molar refractivity (Wildman–Crippen MR) is 74.7 cm³/mol. The van der Waals surface area contributed by atoms with Crippen LogP contribution in [0.25, 0.3) is 0 Å². The first kappa shape index (κ1) is 14.5. The van der Waals surface area contributed by atoms with Crippen molar-refractivity contribution in [1.82, 2.24) is 9.62 Å². The average Bonchev–Trinajstić information content (AvgIpc) is 2.97. The molecule has 1 aliphatic heterocycles. The molecular weight excluding hydrogens is 284 g/mol. The second-order valence-corrected chi connectivity index (χ2v) is 7.94. The molecule has 1 saturated heterocycles. The van der Waals surface area contributed by atoms with E-state index in [4.69, 9.17) is 0 Å². The van der Waals surface area contributed by atoms with Gasteiger partial charge in [0.1, 0.15) is 10.3 Å². The highest BCUT2D eigenvalue weighted by Crippen LogP contribution is 2.30. The first-order valence-electron chi connectivity index (χ1n) is 6.33. The van der Waals surface area contributed by atoms with Crippen molar-refractivity contribution < 1.29 is 13.2 Å². The highest BCUT2D eigenvalue weighted by atomic mass is 32.2. The van der Waals surface area contributed by atoms with Crippen LogP contribution in [-0.4, -0.2) is 37.8 Å². The van der Waals surface area contributed by atoms with Gasteiger partial charge in [-0.25, -0.2) is 8.42 Å².